The van der Waals surface area contributed by atoms with E-state index in [0.717, 1.165) is 0 Å². The van der Waals surface area contributed by atoms with E-state index in [-0.39, 0.29) is 38.8 Å². The maximum Gasteiger partial charge on any atom is 0.508 e. The third kappa shape index (κ3) is 5.60. The van der Waals surface area contributed by atoms with Gasteiger partial charge >= 0.3 is 18.2 Å². The number of esters is 1. The summed E-state index contributed by atoms with van der Waals surface area (Å²) in [5.74, 6) is -1.53. The van der Waals surface area contributed by atoms with Crippen LogP contribution in [0.4, 0.5) is 9.59 Å². The van der Waals surface area contributed by atoms with Gasteiger partial charge in [0.05, 0.1) is 5.37 Å². The van der Waals surface area contributed by atoms with E-state index < -0.39 is 40.4 Å². The highest BCUT2D eigenvalue weighted by molar-refractivity contribution is 8.02. The Balaban J connectivity index is 2.09. The van der Waals surface area contributed by atoms with E-state index >= 15 is 0 Å². The number of hydrogen-bond donors (Lipinski definition) is 1. The van der Waals surface area contributed by atoms with E-state index in [1.165, 1.54) is 34.9 Å². The molecule has 1 N–H and O–H groups in total. The van der Waals surface area contributed by atoms with Gasteiger partial charge in [-0.25, -0.2) is 9.59 Å². The Bertz CT molecular complexity index is 757. The number of rotatable bonds is 11. The van der Waals surface area contributed by atoms with Crippen LogP contribution in [0.1, 0.15) is 6.92 Å². The summed E-state index contributed by atoms with van der Waals surface area (Å²) in [5, 5.41) is 2.10. The lowest BCUT2D eigenvalue weighted by atomic mass is 9.91. The first-order chi connectivity index (χ1) is 14.8. The quantitative estimate of drug-likeness (QED) is 0.215. The molecule has 2 aliphatic rings. The summed E-state index contributed by atoms with van der Waals surface area (Å²) in [4.78, 5) is 50.5. The number of amides is 2. The van der Waals surface area contributed by atoms with E-state index in [4.69, 9.17) is 18.9 Å². The highest BCUT2D eigenvalue weighted by Gasteiger charge is 2.64. The summed E-state index contributed by atoms with van der Waals surface area (Å²) in [6.07, 6.45) is 1.81. The van der Waals surface area contributed by atoms with Crippen LogP contribution in [0.5, 0.6) is 0 Å². The molecule has 2 saturated heterocycles. The standard InChI is InChI=1S/C20H26N2O8S/c1-5-8-27-17(24)20(11-21-18(25)28-9-6-2)12-22-15(23)14(16(22)31-20)13(4)30-19(26)29-10-7-3/h5-7,13-14,16H,1-3,8-12H2,4H3,(H,21,25)/t13-,14+,16-,20?/m1/s1. The minimum absolute atomic E-state index is 0.0129. The van der Waals surface area contributed by atoms with Crippen molar-refractivity contribution in [2.75, 3.05) is 32.9 Å². The molecule has 170 valence electrons. The predicted molar refractivity (Wildman–Crippen MR) is 112 cm³/mol. The molecule has 0 aromatic carbocycles. The van der Waals surface area contributed by atoms with Gasteiger partial charge in [-0.2, -0.15) is 0 Å². The van der Waals surface area contributed by atoms with E-state index in [2.05, 4.69) is 25.1 Å². The fourth-order valence-corrected chi connectivity index (χ4v) is 4.94. The zero-order chi connectivity index (χ0) is 23.0. The number of carbonyl (C=O) groups is 4. The molecule has 0 bridgehead atoms. The lowest BCUT2D eigenvalue weighted by Gasteiger charge is -2.43. The number of fused-ring (bicyclic) bond motifs is 1. The zero-order valence-electron chi connectivity index (χ0n) is 17.2. The number of nitrogens with zero attached hydrogens (tertiary/aromatic N) is 1. The molecule has 2 amide bonds. The molecule has 31 heavy (non-hydrogen) atoms. The molecule has 2 fully saturated rings. The molecule has 2 aliphatic heterocycles. The predicted octanol–water partition coefficient (Wildman–Crippen LogP) is 1.63. The minimum atomic E-state index is -1.24. The average molecular weight is 455 g/mol. The first kappa shape index (κ1) is 24.3. The molecule has 11 heteroatoms. The van der Waals surface area contributed by atoms with Gasteiger partial charge in [-0.3, -0.25) is 9.59 Å². The highest BCUT2D eigenvalue weighted by Crippen LogP contribution is 2.51. The van der Waals surface area contributed by atoms with Crippen molar-refractivity contribution < 1.29 is 38.1 Å². The van der Waals surface area contributed by atoms with Crippen LogP contribution in [0.2, 0.25) is 0 Å². The van der Waals surface area contributed by atoms with Crippen LogP contribution in [-0.2, 0) is 28.5 Å². The molecule has 1 unspecified atom stereocenters. The maximum absolute atomic E-state index is 12.8. The van der Waals surface area contributed by atoms with Crippen molar-refractivity contribution in [2.45, 2.75) is 23.1 Å². The van der Waals surface area contributed by atoms with Gasteiger partial charge in [0.25, 0.3) is 0 Å². The Morgan fingerprint density at radius 3 is 2.42 bits per heavy atom. The lowest BCUT2D eigenvalue weighted by Crippen LogP contribution is -2.61. The molecule has 2 rings (SSSR count). The Kier molecular flexibility index (Phi) is 8.55. The van der Waals surface area contributed by atoms with Gasteiger partial charge in [-0.1, -0.05) is 38.0 Å². The highest BCUT2D eigenvalue weighted by atomic mass is 32.2. The fourth-order valence-electron chi connectivity index (χ4n) is 3.17. The van der Waals surface area contributed by atoms with Crippen LogP contribution >= 0.6 is 11.8 Å². The molecule has 0 aliphatic carbocycles. The normalized spacial score (nSPS) is 24.7. The largest absolute Gasteiger partial charge is 0.508 e. The summed E-state index contributed by atoms with van der Waals surface area (Å²) in [6.45, 7) is 11.9. The van der Waals surface area contributed by atoms with Crippen LogP contribution < -0.4 is 5.32 Å². The fraction of sp³-hybridized carbons (Fsp3) is 0.500. The molecule has 4 atom stereocenters. The second-order valence-corrected chi connectivity index (χ2v) is 8.30. The number of thioether (sulfide) groups is 1. The SMILES string of the molecule is C=CCOC(=O)NCC1(C(=O)OCC=C)CN2C(=O)[C@H]([C@@H](C)OC(=O)OCC=C)[C@H]2S1. The molecule has 0 spiro atoms. The molecule has 0 radical (unpaired) electrons. The summed E-state index contributed by atoms with van der Waals surface area (Å²) < 4.78 is 18.8. The Hall–Kier alpha value is -2.95. The second-order valence-electron chi connectivity index (χ2n) is 6.80. The number of ether oxygens (including phenoxy) is 4. The van der Waals surface area contributed by atoms with Crippen molar-refractivity contribution >= 4 is 35.9 Å². The summed E-state index contributed by atoms with van der Waals surface area (Å²) >= 11 is 1.17. The van der Waals surface area contributed by atoms with Crippen molar-refractivity contribution in [2.24, 2.45) is 5.92 Å². The molecule has 2 heterocycles. The van der Waals surface area contributed by atoms with E-state index in [9.17, 15) is 19.2 Å². The Morgan fingerprint density at radius 2 is 1.77 bits per heavy atom. The molecule has 0 saturated carbocycles. The number of β-lactam (4-membered cyclic amide) rings is 1. The van der Waals surface area contributed by atoms with Gasteiger partial charge in [0.2, 0.25) is 5.91 Å². The first-order valence-corrected chi connectivity index (χ1v) is 10.4. The van der Waals surface area contributed by atoms with Crippen molar-refractivity contribution in [1.82, 2.24) is 10.2 Å². The van der Waals surface area contributed by atoms with Gasteiger partial charge in [0.15, 0.2) is 4.75 Å². The molecule has 10 nitrogen and oxygen atoms in total. The third-order valence-corrected chi connectivity index (χ3v) is 6.30. The number of carbonyl (C=O) groups excluding carboxylic acids is 4. The zero-order valence-corrected chi connectivity index (χ0v) is 18.1. The third-order valence-electron chi connectivity index (χ3n) is 4.62. The van der Waals surface area contributed by atoms with Gasteiger partial charge in [-0.15, -0.1) is 11.8 Å². The smallest absolute Gasteiger partial charge is 0.460 e. The number of nitrogens with one attached hydrogen (secondary N) is 1. The Morgan fingerprint density at radius 1 is 1.16 bits per heavy atom. The van der Waals surface area contributed by atoms with Gasteiger partial charge in [-0.05, 0) is 6.92 Å². The Labute approximate surface area is 184 Å². The number of hydrogen-bond acceptors (Lipinski definition) is 9. The molecular formula is C20H26N2O8S. The monoisotopic (exact) mass is 454 g/mol. The molecule has 0 aromatic heterocycles. The molecule has 0 aromatic rings. The average Bonchev–Trinajstić information content (AvgIpc) is 3.08. The van der Waals surface area contributed by atoms with Crippen molar-refractivity contribution in [3.8, 4) is 0 Å². The van der Waals surface area contributed by atoms with Crippen molar-refractivity contribution in [3.63, 3.8) is 0 Å². The van der Waals surface area contributed by atoms with E-state index in [1.54, 1.807) is 6.92 Å². The summed E-state index contributed by atoms with van der Waals surface area (Å²) in [6, 6.07) is 0. The van der Waals surface area contributed by atoms with Gasteiger partial charge in [0, 0.05) is 13.1 Å². The van der Waals surface area contributed by atoms with Crippen LogP contribution in [0.3, 0.4) is 0 Å². The number of alkyl carbamates (subject to hydrolysis) is 1. The van der Waals surface area contributed by atoms with Crippen LogP contribution in [0.15, 0.2) is 38.0 Å². The maximum atomic E-state index is 12.8. The minimum Gasteiger partial charge on any atom is -0.460 e. The van der Waals surface area contributed by atoms with Crippen LogP contribution in [0, 0.1) is 5.92 Å². The van der Waals surface area contributed by atoms with Crippen LogP contribution in [0.25, 0.3) is 0 Å². The topological polar surface area (TPSA) is 120 Å². The van der Waals surface area contributed by atoms with Crippen LogP contribution in [-0.4, -0.2) is 78.2 Å². The van der Waals surface area contributed by atoms with Crippen molar-refractivity contribution in [1.29, 1.82) is 0 Å². The van der Waals surface area contributed by atoms with Gasteiger partial charge in [0.1, 0.15) is 31.8 Å². The molecular weight excluding hydrogens is 428 g/mol. The summed E-state index contributed by atoms with van der Waals surface area (Å²) in [5.41, 5.74) is 0. The van der Waals surface area contributed by atoms with Gasteiger partial charge < -0.3 is 29.2 Å². The summed E-state index contributed by atoms with van der Waals surface area (Å²) in [7, 11) is 0. The van der Waals surface area contributed by atoms with E-state index in [0.29, 0.717) is 0 Å². The first-order valence-electron chi connectivity index (χ1n) is 9.52. The lowest BCUT2D eigenvalue weighted by molar-refractivity contribution is -0.157. The van der Waals surface area contributed by atoms with E-state index in [1.807, 2.05) is 0 Å². The van der Waals surface area contributed by atoms with Crippen molar-refractivity contribution in [3.05, 3.63) is 38.0 Å². The second kappa shape index (κ2) is 10.9.